The number of aliphatic hydroxyl groups excluding tert-OH is 1. The maximum atomic E-state index is 13.0. The Balaban J connectivity index is 1.35. The highest BCUT2D eigenvalue weighted by molar-refractivity contribution is 6.17. The third-order valence-electron chi connectivity index (χ3n) is 7.58. The Morgan fingerprint density at radius 3 is 2.42 bits per heavy atom. The van der Waals surface area contributed by atoms with Gasteiger partial charge >= 0.3 is 0 Å². The Kier molecular flexibility index (Phi) is 7.60. The number of hydrogen-bond acceptors (Lipinski definition) is 8. The van der Waals surface area contributed by atoms with Crippen molar-refractivity contribution < 1.29 is 29.6 Å². The first-order valence-electron chi connectivity index (χ1n) is 13.1. The number of Topliss-reactive ketones (excluding diaryl/α,β-unsaturated/α-hetero) is 1. The molecule has 1 aromatic heterocycles. The van der Waals surface area contributed by atoms with Crippen LogP contribution in [0.1, 0.15) is 34.5 Å². The molecule has 2 aliphatic heterocycles. The first kappa shape index (κ1) is 26.1. The van der Waals surface area contributed by atoms with Gasteiger partial charge in [0.2, 0.25) is 5.78 Å². The van der Waals surface area contributed by atoms with E-state index >= 15 is 0 Å². The van der Waals surface area contributed by atoms with Crippen LogP contribution in [0.3, 0.4) is 0 Å². The molecule has 0 saturated carbocycles. The van der Waals surface area contributed by atoms with E-state index < -0.39 is 5.78 Å². The molecule has 2 aromatic carbocycles. The van der Waals surface area contributed by atoms with Crippen LogP contribution >= 0.6 is 0 Å². The average molecular weight is 522 g/mol. The molecule has 3 N–H and O–H groups in total. The predicted octanol–water partition coefficient (Wildman–Crippen LogP) is 3.38. The lowest BCUT2D eigenvalue weighted by Crippen LogP contribution is -2.47. The van der Waals surface area contributed by atoms with Crippen molar-refractivity contribution in [3.8, 4) is 23.0 Å². The van der Waals surface area contributed by atoms with Crippen LogP contribution < -0.4 is 9.47 Å². The molecule has 0 amide bonds. The number of carbonyl (C=O) groups is 1. The first-order chi connectivity index (χ1) is 18.4. The van der Waals surface area contributed by atoms with E-state index in [2.05, 4.69) is 14.4 Å². The number of unbranched alkanes of at least 4 members (excludes halogenated alkanes) is 1. The van der Waals surface area contributed by atoms with Crippen molar-refractivity contribution in [1.82, 2.24) is 14.4 Å². The summed E-state index contributed by atoms with van der Waals surface area (Å²) in [6.07, 6.45) is 3.81. The lowest BCUT2D eigenvalue weighted by molar-refractivity contribution is 0.101. The molecule has 9 heteroatoms. The number of aliphatic hydroxyl groups is 1. The Labute approximate surface area is 222 Å². The van der Waals surface area contributed by atoms with Gasteiger partial charge in [-0.3, -0.25) is 9.69 Å². The van der Waals surface area contributed by atoms with Crippen LogP contribution in [-0.4, -0.2) is 88.5 Å². The molecule has 5 rings (SSSR count). The van der Waals surface area contributed by atoms with Gasteiger partial charge in [0.25, 0.3) is 0 Å². The molecule has 202 valence electrons. The number of nitrogens with zero attached hydrogens (tertiary/aromatic N) is 3. The minimum absolute atomic E-state index is 0.0604. The van der Waals surface area contributed by atoms with E-state index in [0.29, 0.717) is 0 Å². The lowest BCUT2D eigenvalue weighted by atomic mass is 10.1. The molecule has 0 aliphatic carbocycles. The Morgan fingerprint density at radius 1 is 1.00 bits per heavy atom. The van der Waals surface area contributed by atoms with Crippen LogP contribution in [0.2, 0.25) is 0 Å². The normalized spacial score (nSPS) is 17.3. The zero-order valence-corrected chi connectivity index (χ0v) is 21.9. The number of piperazine rings is 1. The van der Waals surface area contributed by atoms with Gasteiger partial charge in [-0.1, -0.05) is 0 Å². The number of methoxy groups -OCH3 is 1. The summed E-state index contributed by atoms with van der Waals surface area (Å²) >= 11 is 0. The summed E-state index contributed by atoms with van der Waals surface area (Å²) in [4.78, 5) is 17.8. The molecule has 9 nitrogen and oxygen atoms in total. The fourth-order valence-corrected chi connectivity index (χ4v) is 5.48. The number of hydrogen-bond donors (Lipinski definition) is 3. The number of fused-ring (bicyclic) bond motifs is 2. The second-order valence-electron chi connectivity index (χ2n) is 9.93. The zero-order valence-electron chi connectivity index (χ0n) is 21.9. The van der Waals surface area contributed by atoms with Crippen molar-refractivity contribution in [1.29, 1.82) is 0 Å². The lowest BCUT2D eigenvalue weighted by Gasteiger charge is -2.34. The minimum Gasteiger partial charge on any atom is -0.508 e. The van der Waals surface area contributed by atoms with Gasteiger partial charge in [0.1, 0.15) is 28.6 Å². The summed E-state index contributed by atoms with van der Waals surface area (Å²) in [5.41, 5.74) is 2.98. The summed E-state index contributed by atoms with van der Waals surface area (Å²) in [6, 6.07) is 8.42. The number of aromatic hydroxyl groups is 2. The molecule has 0 unspecified atom stereocenters. The number of phenols is 2. The number of aromatic nitrogens is 1. The van der Waals surface area contributed by atoms with Gasteiger partial charge in [0, 0.05) is 73.6 Å². The Bertz CT molecular complexity index is 1370. The highest BCUT2D eigenvalue weighted by atomic mass is 16.5. The average Bonchev–Trinajstić information content (AvgIpc) is 3.35. The van der Waals surface area contributed by atoms with E-state index in [1.165, 1.54) is 6.07 Å². The number of allylic oxidation sites excluding steroid dienone is 1. The molecule has 2 aliphatic rings. The number of ether oxygens (including phenoxy) is 2. The quantitative estimate of drug-likeness (QED) is 0.291. The fraction of sp³-hybridized carbons (Fsp3) is 0.414. The highest BCUT2D eigenvalue weighted by Gasteiger charge is 2.32. The topological polar surface area (TPSA) is 108 Å². The Morgan fingerprint density at radius 2 is 1.71 bits per heavy atom. The third-order valence-corrected chi connectivity index (χ3v) is 7.58. The molecule has 1 saturated heterocycles. The van der Waals surface area contributed by atoms with Gasteiger partial charge < -0.3 is 34.3 Å². The molecule has 3 heterocycles. The predicted molar refractivity (Wildman–Crippen MR) is 145 cm³/mol. The highest BCUT2D eigenvalue weighted by Crippen LogP contribution is 2.41. The van der Waals surface area contributed by atoms with Crippen LogP contribution in [0.5, 0.6) is 23.0 Å². The van der Waals surface area contributed by atoms with Gasteiger partial charge in [0.15, 0.2) is 5.76 Å². The molecule has 38 heavy (non-hydrogen) atoms. The summed E-state index contributed by atoms with van der Waals surface area (Å²) < 4.78 is 13.5. The van der Waals surface area contributed by atoms with Crippen LogP contribution in [0.25, 0.3) is 17.0 Å². The number of phenolic OH excluding ortho intramolecular Hbond substituents is 2. The van der Waals surface area contributed by atoms with Crippen LogP contribution in [0, 0.1) is 6.92 Å². The van der Waals surface area contributed by atoms with E-state index in [4.69, 9.17) is 14.6 Å². The second kappa shape index (κ2) is 11.1. The van der Waals surface area contributed by atoms with Crippen molar-refractivity contribution in [2.24, 2.45) is 0 Å². The van der Waals surface area contributed by atoms with E-state index in [0.717, 1.165) is 92.6 Å². The number of β-amino-alcohol motifs (C(OH)–C–C–N with tert-alkyl or cyclic N) is 1. The van der Waals surface area contributed by atoms with Crippen molar-refractivity contribution >= 4 is 22.8 Å². The molecular weight excluding hydrogens is 486 g/mol. The van der Waals surface area contributed by atoms with Gasteiger partial charge in [-0.25, -0.2) is 0 Å². The molecule has 1 fully saturated rings. The van der Waals surface area contributed by atoms with E-state index in [1.54, 1.807) is 13.2 Å². The molecule has 0 bridgehead atoms. The summed E-state index contributed by atoms with van der Waals surface area (Å²) in [6.45, 7) is 8.97. The fourth-order valence-electron chi connectivity index (χ4n) is 5.48. The molecule has 3 aromatic rings. The van der Waals surface area contributed by atoms with Gasteiger partial charge in [-0.05, 0) is 50.6 Å². The smallest absolute Gasteiger partial charge is 0.235 e. The van der Waals surface area contributed by atoms with E-state index in [-0.39, 0.29) is 35.2 Å². The summed E-state index contributed by atoms with van der Waals surface area (Å²) in [5, 5.41) is 30.1. The van der Waals surface area contributed by atoms with Crippen molar-refractivity contribution in [3.05, 3.63) is 52.9 Å². The number of aryl methyl sites for hydroxylation is 1. The Hall–Kier alpha value is -3.53. The summed E-state index contributed by atoms with van der Waals surface area (Å²) in [5.74, 6) is 0.0870. The van der Waals surface area contributed by atoms with Gasteiger partial charge in [0.05, 0.1) is 13.7 Å². The SMILES string of the molecule is COc1ccc2c(c1)c(C=C1Oc3cc(O)cc(O)c3C1=O)c(C)n2CCCCN1CCN(CCO)CC1. The monoisotopic (exact) mass is 521 g/mol. The molecule has 0 atom stereocenters. The van der Waals surface area contributed by atoms with E-state index in [1.807, 2.05) is 25.1 Å². The minimum atomic E-state index is -0.417. The maximum absolute atomic E-state index is 13.0. The van der Waals surface area contributed by atoms with Crippen molar-refractivity contribution in [3.63, 3.8) is 0 Å². The largest absolute Gasteiger partial charge is 0.508 e. The van der Waals surface area contributed by atoms with Crippen LogP contribution in [-0.2, 0) is 6.54 Å². The summed E-state index contributed by atoms with van der Waals surface area (Å²) in [7, 11) is 1.63. The third kappa shape index (κ3) is 5.09. The number of ketones is 1. The van der Waals surface area contributed by atoms with Crippen LogP contribution in [0.4, 0.5) is 0 Å². The standard InChI is InChI=1S/C29H35N3O6/c1-19-22(18-27-29(36)28-25(35)15-20(34)16-26(28)38-27)23-17-21(37-2)5-6-24(23)32(19)8-4-3-7-30-9-11-31(12-10-30)13-14-33/h5-6,15-18,33-35H,3-4,7-14H2,1-2H3. The van der Waals surface area contributed by atoms with Crippen molar-refractivity contribution in [2.75, 3.05) is 53.0 Å². The number of rotatable bonds is 9. The molecular formula is C29H35N3O6. The second-order valence-corrected chi connectivity index (χ2v) is 9.93. The number of benzene rings is 2. The van der Waals surface area contributed by atoms with Crippen LogP contribution in [0.15, 0.2) is 36.1 Å². The van der Waals surface area contributed by atoms with Crippen molar-refractivity contribution in [2.45, 2.75) is 26.3 Å². The first-order valence-corrected chi connectivity index (χ1v) is 13.1. The molecule has 0 radical (unpaired) electrons. The number of carbonyl (C=O) groups excluding carboxylic acids is 1. The zero-order chi connectivity index (χ0) is 26.8. The molecule has 0 spiro atoms. The van der Waals surface area contributed by atoms with E-state index in [9.17, 15) is 15.0 Å². The van der Waals surface area contributed by atoms with Gasteiger partial charge in [-0.15, -0.1) is 0 Å². The maximum Gasteiger partial charge on any atom is 0.235 e. The van der Waals surface area contributed by atoms with Gasteiger partial charge in [-0.2, -0.15) is 0 Å².